The van der Waals surface area contributed by atoms with Crippen molar-refractivity contribution in [2.75, 3.05) is 12.4 Å². The van der Waals surface area contributed by atoms with E-state index in [4.69, 9.17) is 11.6 Å². The number of carbonyl (C=O) groups is 1. The molecule has 0 aliphatic heterocycles. The smallest absolute Gasteiger partial charge is 0.269 e. The molecule has 1 unspecified atom stereocenters. The number of amides is 1. The number of halogens is 1. The van der Waals surface area contributed by atoms with Gasteiger partial charge in [0.05, 0.1) is 0 Å². The Morgan fingerprint density at radius 2 is 2.38 bits per heavy atom. The third-order valence-corrected chi connectivity index (χ3v) is 2.76. The van der Waals surface area contributed by atoms with E-state index in [-0.39, 0.29) is 5.91 Å². The van der Waals surface area contributed by atoms with E-state index >= 15 is 0 Å². The molecule has 0 bridgehead atoms. The van der Waals surface area contributed by atoms with Crippen LogP contribution in [0, 0.1) is 5.92 Å². The fraction of sp³-hybridized carbons (Fsp3) is 0.500. The van der Waals surface area contributed by atoms with Crippen molar-refractivity contribution < 1.29 is 4.79 Å². The Bertz CT molecular complexity index is 316. The highest BCUT2D eigenvalue weighted by Crippen LogP contribution is 2.07. The Morgan fingerprint density at radius 3 is 2.94 bits per heavy atom. The molecule has 0 aliphatic carbocycles. The lowest BCUT2D eigenvalue weighted by atomic mass is 10.0. The summed E-state index contributed by atoms with van der Waals surface area (Å²) in [6, 6.07) is 5.30. The molecule has 0 radical (unpaired) electrons. The van der Waals surface area contributed by atoms with Gasteiger partial charge in [0, 0.05) is 18.6 Å². The molecule has 3 nitrogen and oxygen atoms in total. The maximum Gasteiger partial charge on any atom is 0.269 e. The Labute approximate surface area is 101 Å². The van der Waals surface area contributed by atoms with Gasteiger partial charge in [-0.15, -0.1) is 11.6 Å². The standard InChI is InChI=1S/C12H17ClN2O/c1-2-10(6-7-13)9-15-12(16)11-5-3-4-8-14-11/h3-5,8,10H,2,6-7,9H2,1H3,(H,15,16). The van der Waals surface area contributed by atoms with Crippen LogP contribution in [0.4, 0.5) is 0 Å². The number of rotatable bonds is 6. The molecule has 16 heavy (non-hydrogen) atoms. The van der Waals surface area contributed by atoms with Crippen LogP contribution >= 0.6 is 11.6 Å². The molecule has 1 rings (SSSR count). The molecule has 4 heteroatoms. The number of carbonyl (C=O) groups excluding carboxylic acids is 1. The van der Waals surface area contributed by atoms with E-state index in [1.165, 1.54) is 0 Å². The summed E-state index contributed by atoms with van der Waals surface area (Å²) in [5.41, 5.74) is 0.461. The van der Waals surface area contributed by atoms with Crippen molar-refractivity contribution in [2.45, 2.75) is 19.8 Å². The lowest BCUT2D eigenvalue weighted by Crippen LogP contribution is -2.29. The molecule has 0 spiro atoms. The van der Waals surface area contributed by atoms with Crippen LogP contribution in [0.25, 0.3) is 0 Å². The number of nitrogens with one attached hydrogen (secondary N) is 1. The predicted octanol–water partition coefficient (Wildman–Crippen LogP) is 2.47. The fourth-order valence-electron chi connectivity index (χ4n) is 1.43. The number of hydrogen-bond acceptors (Lipinski definition) is 2. The Kier molecular flexibility index (Phi) is 5.86. The monoisotopic (exact) mass is 240 g/mol. The zero-order valence-electron chi connectivity index (χ0n) is 9.45. The predicted molar refractivity (Wildman–Crippen MR) is 65.7 cm³/mol. The first-order valence-electron chi connectivity index (χ1n) is 5.53. The van der Waals surface area contributed by atoms with Crippen LogP contribution in [0.2, 0.25) is 0 Å². The summed E-state index contributed by atoms with van der Waals surface area (Å²) in [4.78, 5) is 15.7. The number of nitrogens with zero attached hydrogens (tertiary/aromatic N) is 1. The Morgan fingerprint density at radius 1 is 1.56 bits per heavy atom. The number of alkyl halides is 1. The van der Waals surface area contributed by atoms with Gasteiger partial charge in [-0.3, -0.25) is 9.78 Å². The number of pyridine rings is 1. The number of aromatic nitrogens is 1. The molecular formula is C12H17ClN2O. The highest BCUT2D eigenvalue weighted by Gasteiger charge is 2.09. The molecule has 0 fully saturated rings. The van der Waals surface area contributed by atoms with Gasteiger partial charge in [-0.25, -0.2) is 0 Å². The molecule has 1 heterocycles. The largest absolute Gasteiger partial charge is 0.350 e. The van der Waals surface area contributed by atoms with E-state index in [0.717, 1.165) is 12.8 Å². The number of hydrogen-bond donors (Lipinski definition) is 1. The summed E-state index contributed by atoms with van der Waals surface area (Å²) < 4.78 is 0. The van der Waals surface area contributed by atoms with Crippen LogP contribution in [0.1, 0.15) is 30.3 Å². The summed E-state index contributed by atoms with van der Waals surface area (Å²) >= 11 is 5.68. The zero-order valence-corrected chi connectivity index (χ0v) is 10.2. The van der Waals surface area contributed by atoms with Gasteiger partial charge in [-0.05, 0) is 24.5 Å². The summed E-state index contributed by atoms with van der Waals surface area (Å²) in [5.74, 6) is 0.969. The minimum atomic E-state index is -0.117. The first-order chi connectivity index (χ1) is 7.77. The third kappa shape index (κ3) is 4.19. The van der Waals surface area contributed by atoms with Crippen LogP contribution in [-0.2, 0) is 0 Å². The lowest BCUT2D eigenvalue weighted by molar-refractivity contribution is 0.0941. The van der Waals surface area contributed by atoms with Gasteiger partial charge in [-0.2, -0.15) is 0 Å². The van der Waals surface area contributed by atoms with Crippen molar-refractivity contribution in [3.05, 3.63) is 30.1 Å². The van der Waals surface area contributed by atoms with Crippen LogP contribution in [0.15, 0.2) is 24.4 Å². The average molecular weight is 241 g/mol. The van der Waals surface area contributed by atoms with Gasteiger partial charge in [0.1, 0.15) is 5.69 Å². The summed E-state index contributed by atoms with van der Waals surface area (Å²) in [7, 11) is 0. The van der Waals surface area contributed by atoms with Crippen molar-refractivity contribution in [1.29, 1.82) is 0 Å². The third-order valence-electron chi connectivity index (χ3n) is 2.54. The van der Waals surface area contributed by atoms with Crippen molar-refractivity contribution >= 4 is 17.5 Å². The van der Waals surface area contributed by atoms with Crippen LogP contribution in [0.3, 0.4) is 0 Å². The van der Waals surface area contributed by atoms with Crippen LogP contribution in [0.5, 0.6) is 0 Å². The minimum Gasteiger partial charge on any atom is -0.350 e. The highest BCUT2D eigenvalue weighted by molar-refractivity contribution is 6.17. The van der Waals surface area contributed by atoms with E-state index in [1.54, 1.807) is 24.4 Å². The van der Waals surface area contributed by atoms with Gasteiger partial charge < -0.3 is 5.32 Å². The van der Waals surface area contributed by atoms with E-state index in [1.807, 2.05) is 0 Å². The van der Waals surface area contributed by atoms with Crippen molar-refractivity contribution in [2.24, 2.45) is 5.92 Å². The van der Waals surface area contributed by atoms with E-state index in [9.17, 15) is 4.79 Å². The first kappa shape index (κ1) is 13.0. The maximum atomic E-state index is 11.7. The van der Waals surface area contributed by atoms with Crippen molar-refractivity contribution in [3.8, 4) is 0 Å². The molecule has 0 aliphatic rings. The van der Waals surface area contributed by atoms with E-state index in [2.05, 4.69) is 17.2 Å². The zero-order chi connectivity index (χ0) is 11.8. The van der Waals surface area contributed by atoms with Crippen molar-refractivity contribution in [3.63, 3.8) is 0 Å². The van der Waals surface area contributed by atoms with E-state index in [0.29, 0.717) is 24.0 Å². The molecule has 1 N–H and O–H groups in total. The van der Waals surface area contributed by atoms with Crippen LogP contribution < -0.4 is 5.32 Å². The summed E-state index contributed by atoms with van der Waals surface area (Å²) in [5, 5.41) is 2.87. The second-order valence-electron chi connectivity index (χ2n) is 3.68. The van der Waals surface area contributed by atoms with E-state index < -0.39 is 0 Å². The highest BCUT2D eigenvalue weighted by atomic mass is 35.5. The molecule has 1 aromatic heterocycles. The minimum absolute atomic E-state index is 0.117. The molecule has 0 aromatic carbocycles. The van der Waals surface area contributed by atoms with Gasteiger partial charge >= 0.3 is 0 Å². The molecule has 0 saturated carbocycles. The first-order valence-corrected chi connectivity index (χ1v) is 6.06. The molecular weight excluding hydrogens is 224 g/mol. The van der Waals surface area contributed by atoms with Gasteiger partial charge in [0.15, 0.2) is 0 Å². The molecule has 1 amide bonds. The van der Waals surface area contributed by atoms with Crippen molar-refractivity contribution in [1.82, 2.24) is 10.3 Å². The van der Waals surface area contributed by atoms with Gasteiger partial charge in [-0.1, -0.05) is 19.4 Å². The van der Waals surface area contributed by atoms with Crippen LogP contribution in [-0.4, -0.2) is 23.3 Å². The average Bonchev–Trinajstić information content (AvgIpc) is 2.35. The topological polar surface area (TPSA) is 42.0 Å². The van der Waals surface area contributed by atoms with Gasteiger partial charge in [0.25, 0.3) is 5.91 Å². The second-order valence-corrected chi connectivity index (χ2v) is 4.05. The SMILES string of the molecule is CCC(CCCl)CNC(=O)c1ccccn1. The summed E-state index contributed by atoms with van der Waals surface area (Å²) in [6.45, 7) is 2.77. The molecule has 0 saturated heterocycles. The second kappa shape index (κ2) is 7.23. The Hall–Kier alpha value is -1.09. The molecule has 1 aromatic rings. The fourth-order valence-corrected chi connectivity index (χ4v) is 1.74. The normalized spacial score (nSPS) is 12.1. The molecule has 1 atom stereocenters. The molecule has 88 valence electrons. The lowest BCUT2D eigenvalue weighted by Gasteiger charge is -2.13. The summed E-state index contributed by atoms with van der Waals surface area (Å²) in [6.07, 6.45) is 3.57. The van der Waals surface area contributed by atoms with Gasteiger partial charge in [0.2, 0.25) is 0 Å². The maximum absolute atomic E-state index is 11.7. The Balaban J connectivity index is 2.40. The quantitative estimate of drug-likeness (QED) is 0.777.